The van der Waals surface area contributed by atoms with Crippen LogP contribution in [0.4, 0.5) is 0 Å². The number of rotatable bonds is 4. The molecule has 0 saturated carbocycles. The minimum atomic E-state index is -1.08. The van der Waals surface area contributed by atoms with Crippen molar-refractivity contribution in [3.05, 3.63) is 71.3 Å². The van der Waals surface area contributed by atoms with E-state index in [9.17, 15) is 9.90 Å². The summed E-state index contributed by atoms with van der Waals surface area (Å²) in [4.78, 5) is 12.2. The number of Topliss-reactive ketones (excluding diaryl/α,β-unsaturated/α-hetero) is 1. The minimum absolute atomic E-state index is 0.253. The van der Waals surface area contributed by atoms with Crippen LogP contribution in [0, 0.1) is 0 Å². The van der Waals surface area contributed by atoms with Gasteiger partial charge in [-0.15, -0.1) is 0 Å². The first-order valence-corrected chi connectivity index (χ1v) is 6.09. The smallest absolute Gasteiger partial charge is 0.195 e. The topological polar surface area (TPSA) is 37.3 Å². The number of carbonyl (C=O) groups excluding carboxylic acids is 1. The molecule has 2 aromatic rings. The molecule has 0 aliphatic rings. The van der Waals surface area contributed by atoms with Gasteiger partial charge in [-0.1, -0.05) is 61.5 Å². The Morgan fingerprint density at radius 3 is 2.33 bits per heavy atom. The Hall–Kier alpha value is -1.93. The van der Waals surface area contributed by atoms with Crippen molar-refractivity contribution in [1.29, 1.82) is 0 Å². The van der Waals surface area contributed by atoms with Gasteiger partial charge >= 0.3 is 0 Å². The molecule has 1 unspecified atom stereocenters. The SMILES string of the molecule is CCc1ccccc1C(O)C(=O)c1ccccc1. The Bertz CT molecular complexity index is 532. The van der Waals surface area contributed by atoms with E-state index in [1.807, 2.05) is 37.3 Å². The summed E-state index contributed by atoms with van der Waals surface area (Å²) in [6.45, 7) is 2.01. The fraction of sp³-hybridized carbons (Fsp3) is 0.188. The number of aryl methyl sites for hydroxylation is 1. The highest BCUT2D eigenvalue weighted by Crippen LogP contribution is 2.22. The van der Waals surface area contributed by atoms with Crippen LogP contribution in [-0.4, -0.2) is 10.9 Å². The maximum Gasteiger partial charge on any atom is 0.195 e. The number of benzene rings is 2. The summed E-state index contributed by atoms with van der Waals surface area (Å²) in [6.07, 6.45) is -0.279. The maximum absolute atomic E-state index is 12.2. The van der Waals surface area contributed by atoms with Crippen molar-refractivity contribution in [3.63, 3.8) is 0 Å². The quantitative estimate of drug-likeness (QED) is 0.833. The highest BCUT2D eigenvalue weighted by molar-refractivity contribution is 5.99. The van der Waals surface area contributed by atoms with Crippen molar-refractivity contribution in [3.8, 4) is 0 Å². The van der Waals surface area contributed by atoms with Crippen LogP contribution in [0.3, 0.4) is 0 Å². The molecule has 18 heavy (non-hydrogen) atoms. The molecule has 0 radical (unpaired) electrons. The summed E-state index contributed by atoms with van der Waals surface area (Å²) in [5, 5.41) is 10.2. The van der Waals surface area contributed by atoms with Crippen molar-refractivity contribution >= 4 is 5.78 Å². The summed E-state index contributed by atoms with van der Waals surface area (Å²) in [5.74, 6) is -0.253. The van der Waals surface area contributed by atoms with Gasteiger partial charge < -0.3 is 5.11 Å². The zero-order chi connectivity index (χ0) is 13.0. The number of ketones is 1. The summed E-state index contributed by atoms with van der Waals surface area (Å²) in [6, 6.07) is 16.4. The first kappa shape index (κ1) is 12.5. The highest BCUT2D eigenvalue weighted by atomic mass is 16.3. The van der Waals surface area contributed by atoms with Crippen molar-refractivity contribution in [1.82, 2.24) is 0 Å². The third-order valence-corrected chi connectivity index (χ3v) is 3.04. The van der Waals surface area contributed by atoms with E-state index in [0.29, 0.717) is 11.1 Å². The summed E-state index contributed by atoms with van der Waals surface area (Å²) in [7, 11) is 0. The molecule has 0 spiro atoms. The normalized spacial score (nSPS) is 12.1. The molecule has 92 valence electrons. The van der Waals surface area contributed by atoms with E-state index in [-0.39, 0.29) is 5.78 Å². The largest absolute Gasteiger partial charge is 0.380 e. The van der Waals surface area contributed by atoms with Crippen LogP contribution in [0.2, 0.25) is 0 Å². The Labute approximate surface area is 107 Å². The van der Waals surface area contributed by atoms with Crippen LogP contribution in [0.15, 0.2) is 54.6 Å². The monoisotopic (exact) mass is 240 g/mol. The lowest BCUT2D eigenvalue weighted by Gasteiger charge is -2.13. The van der Waals surface area contributed by atoms with Gasteiger partial charge in [-0.05, 0) is 17.5 Å². The first-order valence-electron chi connectivity index (χ1n) is 6.09. The number of aliphatic hydroxyl groups is 1. The summed E-state index contributed by atoms with van der Waals surface area (Å²) >= 11 is 0. The van der Waals surface area contributed by atoms with Gasteiger partial charge in [0.1, 0.15) is 6.10 Å². The molecule has 1 N–H and O–H groups in total. The van der Waals surface area contributed by atoms with Crippen molar-refractivity contribution in [2.24, 2.45) is 0 Å². The zero-order valence-electron chi connectivity index (χ0n) is 10.3. The fourth-order valence-corrected chi connectivity index (χ4v) is 2.02. The Morgan fingerprint density at radius 2 is 1.67 bits per heavy atom. The molecule has 2 rings (SSSR count). The Kier molecular flexibility index (Phi) is 3.90. The molecular weight excluding hydrogens is 224 g/mol. The van der Waals surface area contributed by atoms with E-state index in [4.69, 9.17) is 0 Å². The molecule has 0 heterocycles. The second-order valence-electron chi connectivity index (χ2n) is 4.19. The molecule has 0 aromatic heterocycles. The molecule has 1 atom stereocenters. The van der Waals surface area contributed by atoms with Crippen LogP contribution in [0.5, 0.6) is 0 Å². The van der Waals surface area contributed by atoms with Gasteiger partial charge in [0.2, 0.25) is 0 Å². The molecule has 0 saturated heterocycles. The van der Waals surface area contributed by atoms with E-state index in [2.05, 4.69) is 0 Å². The minimum Gasteiger partial charge on any atom is -0.380 e. The van der Waals surface area contributed by atoms with Gasteiger partial charge in [-0.25, -0.2) is 0 Å². The van der Waals surface area contributed by atoms with Gasteiger partial charge in [0.15, 0.2) is 5.78 Å². The molecule has 0 aliphatic carbocycles. The average Bonchev–Trinajstić information content (AvgIpc) is 2.46. The molecular formula is C16H16O2. The molecule has 2 heteroatoms. The predicted octanol–water partition coefficient (Wildman–Crippen LogP) is 3.17. The predicted molar refractivity (Wildman–Crippen MR) is 71.6 cm³/mol. The molecule has 0 fully saturated rings. The molecule has 0 bridgehead atoms. The van der Waals surface area contributed by atoms with E-state index in [1.54, 1.807) is 24.3 Å². The lowest BCUT2D eigenvalue weighted by Crippen LogP contribution is -2.13. The molecule has 2 aromatic carbocycles. The first-order chi connectivity index (χ1) is 8.74. The standard InChI is InChI=1S/C16H16O2/c1-2-12-8-6-7-11-14(12)16(18)15(17)13-9-4-3-5-10-13/h3-11,16,18H,2H2,1H3. The number of hydrogen-bond donors (Lipinski definition) is 1. The second kappa shape index (κ2) is 5.61. The van der Waals surface area contributed by atoms with E-state index in [0.717, 1.165) is 12.0 Å². The lowest BCUT2D eigenvalue weighted by molar-refractivity contribution is 0.0746. The molecule has 0 aliphatic heterocycles. The summed E-state index contributed by atoms with van der Waals surface area (Å²) in [5.41, 5.74) is 2.25. The van der Waals surface area contributed by atoms with Gasteiger partial charge in [-0.2, -0.15) is 0 Å². The number of hydrogen-bond acceptors (Lipinski definition) is 2. The van der Waals surface area contributed by atoms with Crippen LogP contribution in [0.25, 0.3) is 0 Å². The van der Waals surface area contributed by atoms with E-state index < -0.39 is 6.10 Å². The van der Waals surface area contributed by atoms with Gasteiger partial charge in [-0.3, -0.25) is 4.79 Å². The van der Waals surface area contributed by atoms with Gasteiger partial charge in [0.05, 0.1) is 0 Å². The van der Waals surface area contributed by atoms with Crippen molar-refractivity contribution < 1.29 is 9.90 Å². The number of carbonyl (C=O) groups is 1. The zero-order valence-corrected chi connectivity index (χ0v) is 10.3. The Balaban J connectivity index is 2.31. The van der Waals surface area contributed by atoms with Crippen LogP contribution < -0.4 is 0 Å². The summed E-state index contributed by atoms with van der Waals surface area (Å²) < 4.78 is 0. The van der Waals surface area contributed by atoms with E-state index >= 15 is 0 Å². The highest BCUT2D eigenvalue weighted by Gasteiger charge is 2.20. The van der Waals surface area contributed by atoms with Gasteiger partial charge in [0, 0.05) is 5.56 Å². The van der Waals surface area contributed by atoms with Gasteiger partial charge in [0.25, 0.3) is 0 Å². The number of aliphatic hydroxyl groups excluding tert-OH is 1. The van der Waals surface area contributed by atoms with Crippen LogP contribution in [0.1, 0.15) is 34.5 Å². The Morgan fingerprint density at radius 1 is 1.06 bits per heavy atom. The molecule has 0 amide bonds. The van der Waals surface area contributed by atoms with Crippen LogP contribution in [-0.2, 0) is 6.42 Å². The maximum atomic E-state index is 12.2. The van der Waals surface area contributed by atoms with Crippen LogP contribution >= 0.6 is 0 Å². The van der Waals surface area contributed by atoms with Crippen molar-refractivity contribution in [2.75, 3.05) is 0 Å². The third kappa shape index (κ3) is 2.49. The van der Waals surface area contributed by atoms with Crippen molar-refractivity contribution in [2.45, 2.75) is 19.4 Å². The lowest BCUT2D eigenvalue weighted by atomic mass is 9.95. The second-order valence-corrected chi connectivity index (χ2v) is 4.19. The third-order valence-electron chi connectivity index (χ3n) is 3.04. The van der Waals surface area contributed by atoms with E-state index in [1.165, 1.54) is 0 Å². The average molecular weight is 240 g/mol. The fourth-order valence-electron chi connectivity index (χ4n) is 2.02. The molecule has 2 nitrogen and oxygen atoms in total.